The highest BCUT2D eigenvalue weighted by atomic mass is 16.4. The lowest BCUT2D eigenvalue weighted by molar-refractivity contribution is -0.283. The van der Waals surface area contributed by atoms with Gasteiger partial charge in [0, 0.05) is 6.47 Å². The van der Waals surface area contributed by atoms with Crippen molar-refractivity contribution >= 4 is 23.2 Å². The highest BCUT2D eigenvalue weighted by molar-refractivity contribution is 6.03. The molecule has 2 rings (SSSR count). The highest BCUT2D eigenvalue weighted by Crippen LogP contribution is 2.17. The van der Waals surface area contributed by atoms with E-state index in [4.69, 9.17) is 15.0 Å². The van der Waals surface area contributed by atoms with Crippen molar-refractivity contribution in [2.24, 2.45) is 0 Å². The van der Waals surface area contributed by atoms with Gasteiger partial charge in [-0.1, -0.05) is 36.4 Å². The first-order valence-corrected chi connectivity index (χ1v) is 4.47. The summed E-state index contributed by atoms with van der Waals surface area (Å²) < 4.78 is 0. The monoisotopic (exact) mass is 235 g/mol. The van der Waals surface area contributed by atoms with E-state index in [1.54, 1.807) is 12.1 Å². The minimum Gasteiger partial charge on any atom is -0.554 e. The molecule has 0 unspecified atom stereocenters. The number of fused-ring (bicyclic) bond motifs is 1. The van der Waals surface area contributed by atoms with Gasteiger partial charge in [0.2, 0.25) is 0 Å². The van der Waals surface area contributed by atoms with Gasteiger partial charge in [-0.3, -0.25) is 0 Å². The van der Waals surface area contributed by atoms with Gasteiger partial charge in [0.25, 0.3) is 0 Å². The van der Waals surface area contributed by atoms with Crippen molar-refractivity contribution < 1.29 is 19.8 Å². The van der Waals surface area contributed by atoms with Gasteiger partial charge < -0.3 is 21.2 Å². The first-order chi connectivity index (χ1) is 7.70. The minimum atomic E-state index is -0.878. The van der Waals surface area contributed by atoms with Crippen LogP contribution in [0.3, 0.4) is 0 Å². The minimum absolute atomic E-state index is 0. The Labute approximate surface area is 97.9 Å². The molecule has 0 aliphatic carbocycles. The summed E-state index contributed by atoms with van der Waals surface area (Å²) in [5.74, 6) is -0.878. The molecule has 90 valence electrons. The van der Waals surface area contributed by atoms with E-state index < -0.39 is 12.4 Å². The van der Waals surface area contributed by atoms with Crippen molar-refractivity contribution in [1.82, 2.24) is 6.15 Å². The van der Waals surface area contributed by atoms with E-state index in [0.717, 1.165) is 10.8 Å². The molecular formula is C12H13NO4. The van der Waals surface area contributed by atoms with E-state index in [2.05, 4.69) is 0 Å². The van der Waals surface area contributed by atoms with Gasteiger partial charge in [-0.2, -0.15) is 0 Å². The lowest BCUT2D eigenvalue weighted by atomic mass is 10.1. The molecular weight excluding hydrogens is 222 g/mol. The third-order valence-corrected chi connectivity index (χ3v) is 2.02. The highest BCUT2D eigenvalue weighted by Gasteiger charge is 2.05. The molecule has 5 N–H and O–H groups in total. The number of carbonyl (C=O) groups is 2. The Kier molecular flexibility index (Phi) is 5.99. The van der Waals surface area contributed by atoms with Gasteiger partial charge in [0.05, 0.1) is 5.56 Å². The lowest BCUT2D eigenvalue weighted by Gasteiger charge is -2.00. The first kappa shape index (κ1) is 14.6. The number of carboxylic acid groups (broad SMARTS) is 2. The molecule has 0 amide bonds. The number of rotatable bonds is 1. The molecule has 0 saturated carbocycles. The van der Waals surface area contributed by atoms with Crippen LogP contribution in [0.5, 0.6) is 0 Å². The van der Waals surface area contributed by atoms with Gasteiger partial charge in [-0.05, 0) is 16.8 Å². The van der Waals surface area contributed by atoms with E-state index in [9.17, 15) is 4.79 Å². The Morgan fingerprint density at radius 3 is 2.24 bits per heavy atom. The van der Waals surface area contributed by atoms with Crippen LogP contribution in [0.15, 0.2) is 42.5 Å². The van der Waals surface area contributed by atoms with Crippen LogP contribution in [-0.4, -0.2) is 17.5 Å². The second-order valence-corrected chi connectivity index (χ2v) is 2.93. The summed E-state index contributed by atoms with van der Waals surface area (Å²) in [7, 11) is 0. The Bertz CT molecular complexity index is 505. The molecule has 5 nitrogen and oxygen atoms in total. The third kappa shape index (κ3) is 3.58. The van der Waals surface area contributed by atoms with Crippen molar-refractivity contribution in [3.63, 3.8) is 0 Å². The smallest absolute Gasteiger partial charge is 0.336 e. The molecule has 0 bridgehead atoms. The van der Waals surface area contributed by atoms with E-state index in [0.29, 0.717) is 5.56 Å². The fourth-order valence-corrected chi connectivity index (χ4v) is 1.41. The van der Waals surface area contributed by atoms with Crippen LogP contribution >= 0.6 is 0 Å². The van der Waals surface area contributed by atoms with Crippen LogP contribution in [0.1, 0.15) is 10.4 Å². The molecule has 0 saturated heterocycles. The summed E-state index contributed by atoms with van der Waals surface area (Å²) >= 11 is 0. The quantitative estimate of drug-likeness (QED) is 0.724. The molecule has 0 aromatic heterocycles. The normalized spacial score (nSPS) is 8.47. The topological polar surface area (TPSA) is 114 Å². The summed E-state index contributed by atoms with van der Waals surface area (Å²) in [6, 6.07) is 12.7. The maximum absolute atomic E-state index is 10.8. The van der Waals surface area contributed by atoms with Crippen LogP contribution in [0.4, 0.5) is 0 Å². The van der Waals surface area contributed by atoms with Gasteiger partial charge in [0.15, 0.2) is 0 Å². The average molecular weight is 235 g/mol. The van der Waals surface area contributed by atoms with Crippen molar-refractivity contribution in [3.05, 3.63) is 48.0 Å². The number of hydrogen-bond acceptors (Lipinski definition) is 3. The second kappa shape index (κ2) is 6.97. The average Bonchev–Trinajstić information content (AvgIpc) is 2.29. The van der Waals surface area contributed by atoms with Crippen LogP contribution in [0, 0.1) is 0 Å². The van der Waals surface area contributed by atoms with Crippen molar-refractivity contribution in [3.8, 4) is 0 Å². The fourth-order valence-electron chi connectivity index (χ4n) is 1.41. The van der Waals surface area contributed by atoms with Gasteiger partial charge >= 0.3 is 5.97 Å². The van der Waals surface area contributed by atoms with Gasteiger partial charge in [-0.15, -0.1) is 0 Å². The largest absolute Gasteiger partial charge is 0.554 e. The Morgan fingerprint density at radius 2 is 1.65 bits per heavy atom. The molecule has 5 heteroatoms. The molecule has 2 aromatic carbocycles. The summed E-state index contributed by atoms with van der Waals surface area (Å²) in [6.07, 6.45) is 0. The second-order valence-electron chi connectivity index (χ2n) is 2.93. The fraction of sp³-hybridized carbons (Fsp3) is 0. The van der Waals surface area contributed by atoms with Crippen molar-refractivity contribution in [2.75, 3.05) is 0 Å². The number of quaternary nitrogens is 1. The number of benzene rings is 2. The third-order valence-electron chi connectivity index (χ3n) is 2.02. The zero-order chi connectivity index (χ0) is 12.0. The van der Waals surface area contributed by atoms with E-state index >= 15 is 0 Å². The van der Waals surface area contributed by atoms with Gasteiger partial charge in [-0.25, -0.2) is 4.79 Å². The predicted octanol–water partition coefficient (Wildman–Crippen LogP) is 1.28. The molecule has 17 heavy (non-hydrogen) atoms. The molecule has 2 aromatic rings. The number of aromatic carboxylic acids is 1. The maximum Gasteiger partial charge on any atom is 0.336 e. The summed E-state index contributed by atoms with van der Waals surface area (Å²) in [5, 5.41) is 18.9. The zero-order valence-electron chi connectivity index (χ0n) is 9.29. The van der Waals surface area contributed by atoms with Crippen molar-refractivity contribution in [2.45, 2.75) is 0 Å². The predicted molar refractivity (Wildman–Crippen MR) is 63.0 cm³/mol. The number of hydrogen-bond donors (Lipinski definition) is 2. The van der Waals surface area contributed by atoms with E-state index in [1.807, 2.05) is 30.3 Å². The molecule has 0 radical (unpaired) electrons. The molecule has 0 heterocycles. The number of carboxylic acids is 1. The standard InChI is InChI=1S/C11H8O2.CH2O2.H3N/c12-11(13)10-7-3-5-8-4-1-2-6-9(8)10;2-1-3;/h1-7H,(H,12,13);1H,(H,2,3);1H3. The zero-order valence-corrected chi connectivity index (χ0v) is 9.29. The van der Waals surface area contributed by atoms with Crippen LogP contribution < -0.4 is 11.3 Å². The van der Waals surface area contributed by atoms with Crippen LogP contribution in [0.25, 0.3) is 10.8 Å². The van der Waals surface area contributed by atoms with E-state index in [1.165, 1.54) is 0 Å². The molecule has 0 atom stereocenters. The summed E-state index contributed by atoms with van der Waals surface area (Å²) in [4.78, 5) is 19.1. The molecule has 0 fully saturated rings. The van der Waals surface area contributed by atoms with Crippen LogP contribution in [-0.2, 0) is 4.79 Å². The molecule has 0 spiro atoms. The van der Waals surface area contributed by atoms with Crippen LogP contribution in [0.2, 0.25) is 0 Å². The Hall–Kier alpha value is -2.40. The van der Waals surface area contributed by atoms with Gasteiger partial charge in [0.1, 0.15) is 0 Å². The maximum atomic E-state index is 10.8. The Balaban J connectivity index is 0.000000583. The van der Waals surface area contributed by atoms with E-state index in [-0.39, 0.29) is 6.15 Å². The SMILES string of the molecule is O=C(O)c1cccc2ccccc12.O=C[O-].[NH4+]. The summed E-state index contributed by atoms with van der Waals surface area (Å²) in [5.41, 5.74) is 0.359. The summed E-state index contributed by atoms with van der Waals surface area (Å²) in [6.45, 7) is -0.500. The molecule has 0 aliphatic rings. The Morgan fingerprint density at radius 1 is 1.12 bits per heavy atom. The van der Waals surface area contributed by atoms with Crippen molar-refractivity contribution in [1.29, 1.82) is 0 Å². The number of carbonyl (C=O) groups excluding carboxylic acids is 1. The lowest BCUT2D eigenvalue weighted by Crippen LogP contribution is -2.01. The molecule has 0 aliphatic heterocycles. The first-order valence-electron chi connectivity index (χ1n) is 4.47.